The fourth-order valence-electron chi connectivity index (χ4n) is 1.96. The molecule has 142 valence electrons. The summed E-state index contributed by atoms with van der Waals surface area (Å²) < 4.78 is 10.2. The van der Waals surface area contributed by atoms with Crippen molar-refractivity contribution in [3.05, 3.63) is 35.9 Å². The Bertz CT molecular complexity index is 649. The van der Waals surface area contributed by atoms with Crippen molar-refractivity contribution in [1.82, 2.24) is 5.32 Å². The fourth-order valence-corrected chi connectivity index (χ4v) is 1.96. The first-order valence-electron chi connectivity index (χ1n) is 8.00. The molecule has 0 saturated heterocycles. The van der Waals surface area contributed by atoms with E-state index < -0.39 is 48.3 Å². The minimum atomic E-state index is -1.35. The van der Waals surface area contributed by atoms with Gasteiger partial charge in [-0.1, -0.05) is 30.3 Å². The second kappa shape index (κ2) is 9.55. The van der Waals surface area contributed by atoms with Gasteiger partial charge in [-0.3, -0.25) is 14.4 Å². The molecule has 1 aromatic rings. The van der Waals surface area contributed by atoms with Crippen LogP contribution in [0.3, 0.4) is 0 Å². The van der Waals surface area contributed by atoms with Crippen molar-refractivity contribution in [3.63, 3.8) is 0 Å². The summed E-state index contributed by atoms with van der Waals surface area (Å²) in [4.78, 5) is 46.5. The summed E-state index contributed by atoms with van der Waals surface area (Å²) in [6.07, 6.45) is -1.28. The summed E-state index contributed by atoms with van der Waals surface area (Å²) in [5.74, 6) is -3.81. The number of esters is 2. The highest BCUT2D eigenvalue weighted by molar-refractivity contribution is 5.96. The predicted octanol–water partition coefficient (Wildman–Crippen LogP) is 1.42. The predicted molar refractivity (Wildman–Crippen MR) is 90.9 cm³/mol. The number of hydrogen-bond acceptors (Lipinski definition) is 6. The molecule has 1 atom stereocenters. The van der Waals surface area contributed by atoms with E-state index in [1.807, 2.05) is 6.07 Å². The van der Waals surface area contributed by atoms with Crippen molar-refractivity contribution >= 4 is 23.8 Å². The lowest BCUT2D eigenvalue weighted by Gasteiger charge is -2.22. The number of carbonyl (C=O) groups is 4. The van der Waals surface area contributed by atoms with Crippen LogP contribution in [0.15, 0.2) is 30.3 Å². The summed E-state index contributed by atoms with van der Waals surface area (Å²) in [6, 6.07) is 7.52. The van der Waals surface area contributed by atoms with Crippen molar-refractivity contribution in [3.8, 4) is 0 Å². The molecule has 0 aliphatic heterocycles. The van der Waals surface area contributed by atoms with Crippen LogP contribution in [0.2, 0.25) is 0 Å². The van der Waals surface area contributed by atoms with Gasteiger partial charge in [0.15, 0.2) is 0 Å². The molecule has 8 nitrogen and oxygen atoms in total. The van der Waals surface area contributed by atoms with E-state index in [-0.39, 0.29) is 6.61 Å². The van der Waals surface area contributed by atoms with E-state index in [1.54, 1.807) is 45.0 Å². The maximum atomic E-state index is 12.2. The van der Waals surface area contributed by atoms with Crippen LogP contribution in [-0.4, -0.2) is 40.6 Å². The second-order valence-corrected chi connectivity index (χ2v) is 6.57. The van der Waals surface area contributed by atoms with Gasteiger partial charge in [-0.2, -0.15) is 0 Å². The molecule has 0 saturated carbocycles. The zero-order valence-corrected chi connectivity index (χ0v) is 15.0. The number of amides is 1. The van der Waals surface area contributed by atoms with Crippen molar-refractivity contribution in [1.29, 1.82) is 0 Å². The Kier molecular flexibility index (Phi) is 7.77. The van der Waals surface area contributed by atoms with Crippen LogP contribution in [0, 0.1) is 0 Å². The zero-order valence-electron chi connectivity index (χ0n) is 15.0. The lowest BCUT2D eigenvalue weighted by Crippen LogP contribution is -2.44. The molecule has 0 unspecified atom stereocenters. The Morgan fingerprint density at radius 3 is 2.27 bits per heavy atom. The molecular weight excluding hydrogens is 342 g/mol. The number of rotatable bonds is 8. The normalized spacial score (nSPS) is 12.0. The van der Waals surface area contributed by atoms with Crippen LogP contribution in [0.4, 0.5) is 0 Å². The van der Waals surface area contributed by atoms with E-state index >= 15 is 0 Å². The molecule has 0 bridgehead atoms. The lowest BCUT2D eigenvalue weighted by molar-refractivity contribution is -0.160. The summed E-state index contributed by atoms with van der Waals surface area (Å²) in [5.41, 5.74) is -0.0329. The van der Waals surface area contributed by atoms with E-state index in [4.69, 9.17) is 14.6 Å². The summed E-state index contributed by atoms with van der Waals surface area (Å²) in [5, 5.41) is 10.9. The van der Waals surface area contributed by atoms with Crippen molar-refractivity contribution in [2.24, 2.45) is 0 Å². The molecule has 0 aliphatic rings. The number of carboxylic acids is 1. The molecule has 0 spiro atoms. The molecule has 1 rings (SSSR count). The Morgan fingerprint density at radius 2 is 1.73 bits per heavy atom. The molecule has 0 radical (unpaired) electrons. The van der Waals surface area contributed by atoms with Crippen LogP contribution in [0.25, 0.3) is 0 Å². The van der Waals surface area contributed by atoms with E-state index in [1.165, 1.54) is 0 Å². The molecule has 0 aliphatic carbocycles. The van der Waals surface area contributed by atoms with Gasteiger partial charge in [0.2, 0.25) is 5.91 Å². The molecule has 8 heteroatoms. The van der Waals surface area contributed by atoms with Crippen LogP contribution < -0.4 is 5.32 Å². The highest BCUT2D eigenvalue weighted by Crippen LogP contribution is 2.11. The van der Waals surface area contributed by atoms with E-state index in [0.717, 1.165) is 5.56 Å². The summed E-state index contributed by atoms with van der Waals surface area (Å²) in [7, 11) is 0. The smallest absolute Gasteiger partial charge is 0.329 e. The largest absolute Gasteiger partial charge is 0.481 e. The number of carboxylic acid groups (broad SMARTS) is 1. The van der Waals surface area contributed by atoms with Crippen LogP contribution in [0.5, 0.6) is 0 Å². The summed E-state index contributed by atoms with van der Waals surface area (Å²) in [6.45, 7) is 4.95. The highest BCUT2D eigenvalue weighted by Gasteiger charge is 2.28. The van der Waals surface area contributed by atoms with Gasteiger partial charge in [0, 0.05) is 0 Å². The molecule has 26 heavy (non-hydrogen) atoms. The molecule has 0 aromatic heterocycles. The third kappa shape index (κ3) is 8.81. The first kappa shape index (κ1) is 21.1. The first-order valence-corrected chi connectivity index (χ1v) is 8.00. The number of benzene rings is 1. The average Bonchev–Trinajstić information content (AvgIpc) is 2.50. The lowest BCUT2D eigenvalue weighted by atomic mass is 10.1. The Morgan fingerprint density at radius 1 is 1.12 bits per heavy atom. The standard InChI is InChI=1S/C18H23NO7/c1-18(2,3)26-16(23)9-13(19-14(20)10-15(21)22)17(24)25-11-12-7-5-4-6-8-12/h4-8,13H,9-11H2,1-3H3,(H,19,20)(H,21,22)/t13-/m0/s1. The number of carbonyl (C=O) groups excluding carboxylic acids is 3. The summed E-state index contributed by atoms with van der Waals surface area (Å²) >= 11 is 0. The van der Waals surface area contributed by atoms with Gasteiger partial charge in [-0.05, 0) is 26.3 Å². The number of ether oxygens (including phenoxy) is 2. The molecule has 2 N–H and O–H groups in total. The average molecular weight is 365 g/mol. The van der Waals surface area contributed by atoms with Crippen LogP contribution in [0.1, 0.15) is 39.2 Å². The van der Waals surface area contributed by atoms with Crippen molar-refractivity contribution in [2.75, 3.05) is 0 Å². The van der Waals surface area contributed by atoms with Crippen LogP contribution >= 0.6 is 0 Å². The third-order valence-electron chi connectivity index (χ3n) is 2.95. The van der Waals surface area contributed by atoms with Gasteiger partial charge in [0.25, 0.3) is 0 Å². The first-order chi connectivity index (χ1) is 12.1. The molecule has 0 fully saturated rings. The SMILES string of the molecule is CC(C)(C)OC(=O)C[C@H](NC(=O)CC(=O)O)C(=O)OCc1ccccc1. The zero-order chi connectivity index (χ0) is 19.7. The molecule has 1 amide bonds. The van der Waals surface area contributed by atoms with Crippen molar-refractivity contribution < 1.29 is 33.8 Å². The number of aliphatic carboxylic acids is 1. The Balaban J connectivity index is 2.74. The third-order valence-corrected chi connectivity index (χ3v) is 2.95. The van der Waals surface area contributed by atoms with E-state index in [2.05, 4.69) is 5.32 Å². The maximum absolute atomic E-state index is 12.2. The van der Waals surface area contributed by atoms with E-state index in [0.29, 0.717) is 0 Å². The fraction of sp³-hybridized carbons (Fsp3) is 0.444. The molecular formula is C18H23NO7. The van der Waals surface area contributed by atoms with Gasteiger partial charge in [-0.15, -0.1) is 0 Å². The minimum absolute atomic E-state index is 0.0424. The van der Waals surface area contributed by atoms with Gasteiger partial charge in [-0.25, -0.2) is 4.79 Å². The van der Waals surface area contributed by atoms with Crippen molar-refractivity contribution in [2.45, 2.75) is 51.9 Å². The maximum Gasteiger partial charge on any atom is 0.329 e. The van der Waals surface area contributed by atoms with Crippen LogP contribution in [-0.2, 0) is 35.3 Å². The number of hydrogen-bond donors (Lipinski definition) is 2. The molecule has 0 heterocycles. The van der Waals surface area contributed by atoms with Gasteiger partial charge >= 0.3 is 17.9 Å². The number of nitrogens with one attached hydrogen (secondary N) is 1. The van der Waals surface area contributed by atoms with Gasteiger partial charge in [0.1, 0.15) is 24.7 Å². The minimum Gasteiger partial charge on any atom is -0.481 e. The Labute approximate surface area is 151 Å². The quantitative estimate of drug-likeness (QED) is 0.528. The highest BCUT2D eigenvalue weighted by atomic mass is 16.6. The van der Waals surface area contributed by atoms with E-state index in [9.17, 15) is 19.2 Å². The molecule has 1 aromatic carbocycles. The Hall–Kier alpha value is -2.90. The van der Waals surface area contributed by atoms with Gasteiger partial charge in [0.05, 0.1) is 6.42 Å². The second-order valence-electron chi connectivity index (χ2n) is 6.57. The van der Waals surface area contributed by atoms with Gasteiger partial charge < -0.3 is 19.9 Å². The topological polar surface area (TPSA) is 119 Å². The monoisotopic (exact) mass is 365 g/mol.